The quantitative estimate of drug-likeness (QED) is 0.139. The molecule has 0 fully saturated rings. The normalized spacial score (nSPS) is 12.0. The van der Waals surface area contributed by atoms with E-state index >= 15 is 0 Å². The van der Waals surface area contributed by atoms with Gasteiger partial charge in [0.1, 0.15) is 0 Å². The van der Waals surface area contributed by atoms with Crippen LogP contribution >= 0.6 is 0 Å². The van der Waals surface area contributed by atoms with Crippen molar-refractivity contribution in [2.75, 3.05) is 0 Å². The maximum atomic E-state index is 12.8. The molecule has 1 amide bonds. The van der Waals surface area contributed by atoms with E-state index in [0.29, 0.717) is 11.5 Å². The Bertz CT molecular complexity index is 1530. The fraction of sp³-hybridized carbons (Fsp3) is 0.0714. The first-order valence-corrected chi connectivity index (χ1v) is 11.1. The van der Waals surface area contributed by atoms with E-state index in [1.807, 2.05) is 98.0 Å². The van der Waals surface area contributed by atoms with Crippen LogP contribution in [0.1, 0.15) is 16.7 Å². The zero-order valence-electron chi connectivity index (χ0n) is 18.7. The highest BCUT2D eigenvalue weighted by Gasteiger charge is 2.12. The van der Waals surface area contributed by atoms with Gasteiger partial charge in [0.05, 0.1) is 12.1 Å². The van der Waals surface area contributed by atoms with Gasteiger partial charge in [-0.2, -0.15) is 5.10 Å². The van der Waals surface area contributed by atoms with E-state index < -0.39 is 0 Å². The van der Waals surface area contributed by atoms with Gasteiger partial charge < -0.3 is 4.98 Å². The first-order chi connectivity index (χ1) is 16.7. The lowest BCUT2D eigenvalue weighted by Gasteiger charge is -2.06. The molecule has 0 bridgehead atoms. The van der Waals surface area contributed by atoms with Crippen LogP contribution in [0.5, 0.6) is 0 Å². The van der Waals surface area contributed by atoms with Gasteiger partial charge in [-0.25, -0.2) is 5.43 Å². The van der Waals surface area contributed by atoms with Crippen molar-refractivity contribution in [3.8, 4) is 0 Å². The molecule has 0 radical (unpaired) electrons. The standard InChI is InChI=1S/C28H23N5O/c1-19-14-15-26-24(16-19)25(18-29-26)28(32-30-22-11-3-2-4-12-22)33-31-27(34)17-21-10-7-9-20-8-5-6-13-23(20)21/h2-16,18,29H,17H2,1H3,(H,31,34)/b32-30?,33-28+. The number of benzene rings is 4. The minimum Gasteiger partial charge on any atom is -0.360 e. The summed E-state index contributed by atoms with van der Waals surface area (Å²) >= 11 is 0. The summed E-state index contributed by atoms with van der Waals surface area (Å²) in [4.78, 5) is 16.1. The average Bonchev–Trinajstić information content (AvgIpc) is 3.28. The molecule has 1 aromatic heterocycles. The maximum Gasteiger partial charge on any atom is 0.244 e. The molecule has 0 unspecified atom stereocenters. The topological polar surface area (TPSA) is 82.0 Å². The molecule has 4 aromatic carbocycles. The van der Waals surface area contributed by atoms with Crippen LogP contribution < -0.4 is 5.43 Å². The highest BCUT2D eigenvalue weighted by atomic mass is 16.2. The van der Waals surface area contributed by atoms with E-state index in [1.54, 1.807) is 0 Å². The highest BCUT2D eigenvalue weighted by Crippen LogP contribution is 2.22. The van der Waals surface area contributed by atoms with Crippen molar-refractivity contribution in [2.45, 2.75) is 13.3 Å². The Morgan fingerprint density at radius 2 is 1.68 bits per heavy atom. The second-order valence-corrected chi connectivity index (χ2v) is 8.07. The fourth-order valence-corrected chi connectivity index (χ4v) is 3.93. The Hall–Kier alpha value is -4.58. The lowest BCUT2D eigenvalue weighted by Crippen LogP contribution is -2.21. The molecule has 1 heterocycles. The Labute approximate surface area is 197 Å². The number of carbonyl (C=O) groups excluding carboxylic acids is 1. The molecule has 5 rings (SSSR count). The number of nitrogens with zero attached hydrogens (tertiary/aromatic N) is 3. The molecule has 0 spiro atoms. The van der Waals surface area contributed by atoms with E-state index in [2.05, 4.69) is 31.8 Å². The molecule has 0 aliphatic heterocycles. The Morgan fingerprint density at radius 1 is 0.882 bits per heavy atom. The van der Waals surface area contributed by atoms with Crippen molar-refractivity contribution in [2.24, 2.45) is 15.3 Å². The third-order valence-corrected chi connectivity index (χ3v) is 5.61. The molecule has 6 nitrogen and oxygen atoms in total. The van der Waals surface area contributed by atoms with Crippen molar-refractivity contribution in [1.82, 2.24) is 10.4 Å². The molecule has 166 valence electrons. The van der Waals surface area contributed by atoms with E-state index in [1.165, 1.54) is 0 Å². The van der Waals surface area contributed by atoms with E-state index in [-0.39, 0.29) is 12.3 Å². The summed E-state index contributed by atoms with van der Waals surface area (Å²) in [6.07, 6.45) is 2.05. The number of aromatic nitrogens is 1. The van der Waals surface area contributed by atoms with Crippen LogP contribution in [-0.2, 0) is 11.2 Å². The van der Waals surface area contributed by atoms with Gasteiger partial charge >= 0.3 is 0 Å². The second kappa shape index (κ2) is 9.50. The van der Waals surface area contributed by atoms with Crippen LogP contribution in [0.25, 0.3) is 21.7 Å². The Kier molecular flexibility index (Phi) is 5.95. The Balaban J connectivity index is 1.45. The van der Waals surface area contributed by atoms with Gasteiger partial charge in [-0.05, 0) is 47.5 Å². The number of aromatic amines is 1. The number of H-pyrrole nitrogens is 1. The van der Waals surface area contributed by atoms with Crippen LogP contribution in [0.2, 0.25) is 0 Å². The van der Waals surface area contributed by atoms with Crippen molar-refractivity contribution in [3.05, 3.63) is 114 Å². The number of aryl methyl sites for hydroxylation is 1. The van der Waals surface area contributed by atoms with Gasteiger partial charge in [-0.15, -0.1) is 10.2 Å². The number of hydrazone groups is 1. The number of carbonyl (C=O) groups is 1. The van der Waals surface area contributed by atoms with Crippen LogP contribution in [0.15, 0.2) is 113 Å². The number of hydrogen-bond acceptors (Lipinski definition) is 3. The van der Waals surface area contributed by atoms with Gasteiger partial charge in [0.15, 0.2) is 0 Å². The summed E-state index contributed by atoms with van der Waals surface area (Å²) in [5, 5.41) is 16.2. The summed E-state index contributed by atoms with van der Waals surface area (Å²) in [5.41, 5.74) is 7.18. The number of nitrogens with one attached hydrogen (secondary N) is 2. The first kappa shape index (κ1) is 21.3. The predicted molar refractivity (Wildman–Crippen MR) is 136 cm³/mol. The molecule has 34 heavy (non-hydrogen) atoms. The molecule has 6 heteroatoms. The monoisotopic (exact) mass is 445 g/mol. The zero-order chi connectivity index (χ0) is 23.3. The highest BCUT2D eigenvalue weighted by molar-refractivity contribution is 6.10. The Morgan fingerprint density at radius 3 is 2.56 bits per heavy atom. The van der Waals surface area contributed by atoms with Crippen LogP contribution in [0.3, 0.4) is 0 Å². The molecule has 5 aromatic rings. The summed E-state index contributed by atoms with van der Waals surface area (Å²) in [5.74, 6) is 0.103. The maximum absolute atomic E-state index is 12.8. The fourth-order valence-electron chi connectivity index (χ4n) is 3.93. The minimum atomic E-state index is -0.222. The lowest BCUT2D eigenvalue weighted by molar-refractivity contribution is -0.120. The largest absolute Gasteiger partial charge is 0.360 e. The summed E-state index contributed by atoms with van der Waals surface area (Å²) in [6, 6.07) is 29.5. The van der Waals surface area contributed by atoms with Gasteiger partial charge in [0, 0.05) is 22.7 Å². The molecule has 0 atom stereocenters. The number of rotatable bonds is 5. The molecule has 0 aliphatic carbocycles. The second-order valence-electron chi connectivity index (χ2n) is 8.07. The molecular weight excluding hydrogens is 422 g/mol. The summed E-state index contributed by atoms with van der Waals surface area (Å²) in [7, 11) is 0. The molecule has 0 saturated carbocycles. The number of amidine groups is 1. The molecular formula is C28H23N5O. The van der Waals surface area contributed by atoms with Crippen LogP contribution in [0.4, 0.5) is 5.69 Å². The third-order valence-electron chi connectivity index (χ3n) is 5.61. The van der Waals surface area contributed by atoms with Gasteiger partial charge in [0.25, 0.3) is 0 Å². The number of amides is 1. The summed E-state index contributed by atoms with van der Waals surface area (Å²) < 4.78 is 0. The number of azo groups is 1. The van der Waals surface area contributed by atoms with Gasteiger partial charge in [-0.1, -0.05) is 72.3 Å². The lowest BCUT2D eigenvalue weighted by atomic mass is 10.0. The predicted octanol–water partition coefficient (Wildman–Crippen LogP) is 6.43. The minimum absolute atomic E-state index is 0.209. The van der Waals surface area contributed by atoms with Crippen molar-refractivity contribution >= 4 is 39.1 Å². The third kappa shape index (κ3) is 4.61. The van der Waals surface area contributed by atoms with Crippen molar-refractivity contribution in [1.29, 1.82) is 0 Å². The van der Waals surface area contributed by atoms with E-state index in [9.17, 15) is 4.79 Å². The average molecular weight is 446 g/mol. The molecule has 2 N–H and O–H groups in total. The van der Waals surface area contributed by atoms with Crippen LogP contribution in [0, 0.1) is 6.92 Å². The van der Waals surface area contributed by atoms with Crippen molar-refractivity contribution in [3.63, 3.8) is 0 Å². The van der Waals surface area contributed by atoms with E-state index in [4.69, 9.17) is 0 Å². The number of hydrogen-bond donors (Lipinski definition) is 2. The number of fused-ring (bicyclic) bond motifs is 2. The molecule has 0 aliphatic rings. The summed E-state index contributed by atoms with van der Waals surface area (Å²) in [6.45, 7) is 2.03. The smallest absolute Gasteiger partial charge is 0.244 e. The van der Waals surface area contributed by atoms with Crippen molar-refractivity contribution < 1.29 is 4.79 Å². The zero-order valence-corrected chi connectivity index (χ0v) is 18.7. The van der Waals surface area contributed by atoms with Gasteiger partial charge in [-0.3, -0.25) is 4.79 Å². The first-order valence-electron chi connectivity index (χ1n) is 11.1. The van der Waals surface area contributed by atoms with Gasteiger partial charge in [0.2, 0.25) is 11.7 Å². The SMILES string of the molecule is Cc1ccc2[nH]cc(/C(N=Nc3ccccc3)=N\NC(=O)Cc3cccc4ccccc34)c2c1. The molecule has 0 saturated heterocycles. The van der Waals surface area contributed by atoms with Crippen LogP contribution in [-0.4, -0.2) is 16.7 Å². The van der Waals surface area contributed by atoms with E-state index in [0.717, 1.165) is 38.4 Å².